The molecule has 0 atom stereocenters. The third kappa shape index (κ3) is 1.96. The van der Waals surface area contributed by atoms with Crippen LogP contribution in [-0.2, 0) is 0 Å². The van der Waals surface area contributed by atoms with Gasteiger partial charge in [0.15, 0.2) is 0 Å². The largest absolute Gasteiger partial charge is 0.508 e. The normalized spacial score (nSPS) is 9.54. The Morgan fingerprint density at radius 2 is 1.38 bits per heavy atom. The first-order valence-electron chi connectivity index (χ1n) is 3.44. The summed E-state index contributed by atoms with van der Waals surface area (Å²) in [6.07, 6.45) is 0. The van der Waals surface area contributed by atoms with Crippen molar-refractivity contribution in [1.29, 1.82) is 0 Å². The third-order valence-electron chi connectivity index (χ3n) is 1.49. The average Bonchev–Trinajstić information content (AvgIpc) is 2.03. The second-order valence-electron chi connectivity index (χ2n) is 2.50. The van der Waals surface area contributed by atoms with Crippen LogP contribution in [0, 0.1) is 0 Å². The molecule has 1 aromatic rings. The lowest BCUT2D eigenvalue weighted by atomic mass is 10.1. The maximum atomic E-state index is 10.7. The van der Waals surface area contributed by atoms with E-state index in [4.69, 9.17) is 16.6 Å². The van der Waals surface area contributed by atoms with Crippen molar-refractivity contribution in [3.8, 4) is 5.75 Å². The van der Waals surface area contributed by atoms with Crippen LogP contribution in [-0.4, -0.2) is 16.9 Å². The van der Waals surface area contributed by atoms with Gasteiger partial charge in [-0.2, -0.15) is 0 Å². The van der Waals surface area contributed by atoms with E-state index in [0.717, 1.165) is 12.1 Å². The molecule has 0 unspecified atom stereocenters. The first-order chi connectivity index (χ1) is 6.00. The predicted molar refractivity (Wildman–Crippen MR) is 45.1 cm³/mol. The molecule has 1 aromatic carbocycles. The Labute approximate surface area is 74.0 Å². The lowest BCUT2D eigenvalue weighted by molar-refractivity contribution is 0.0999. The Morgan fingerprint density at radius 3 is 1.69 bits per heavy atom. The highest BCUT2D eigenvalue weighted by Crippen LogP contribution is 2.14. The zero-order valence-electron chi connectivity index (χ0n) is 6.65. The monoisotopic (exact) mass is 180 g/mol. The molecule has 0 saturated heterocycles. The van der Waals surface area contributed by atoms with Gasteiger partial charge in [-0.25, -0.2) is 0 Å². The maximum absolute atomic E-state index is 10.7. The number of hydrogen-bond donors (Lipinski definition) is 3. The smallest absolute Gasteiger partial charge is 0.248 e. The van der Waals surface area contributed by atoms with E-state index in [-0.39, 0.29) is 16.9 Å². The van der Waals surface area contributed by atoms with Crippen molar-refractivity contribution in [1.82, 2.24) is 0 Å². The fraction of sp³-hybridized carbons (Fsp3) is 0. The van der Waals surface area contributed by atoms with Gasteiger partial charge in [0, 0.05) is 11.1 Å². The fourth-order valence-corrected chi connectivity index (χ4v) is 0.896. The summed E-state index contributed by atoms with van der Waals surface area (Å²) in [4.78, 5) is 21.4. The number of aromatic hydroxyl groups is 1. The molecule has 0 spiro atoms. The summed E-state index contributed by atoms with van der Waals surface area (Å²) in [6, 6.07) is 3.55. The molecule has 68 valence electrons. The van der Waals surface area contributed by atoms with Crippen LogP contribution in [0.25, 0.3) is 0 Å². The van der Waals surface area contributed by atoms with Crippen molar-refractivity contribution in [2.75, 3.05) is 0 Å². The van der Waals surface area contributed by atoms with Gasteiger partial charge in [-0.3, -0.25) is 9.59 Å². The summed E-state index contributed by atoms with van der Waals surface area (Å²) in [5, 5.41) is 9.08. The summed E-state index contributed by atoms with van der Waals surface area (Å²) >= 11 is 0. The summed E-state index contributed by atoms with van der Waals surface area (Å²) < 4.78 is 0. The van der Waals surface area contributed by atoms with E-state index >= 15 is 0 Å². The highest BCUT2D eigenvalue weighted by Gasteiger charge is 2.07. The Bertz CT molecular complexity index is 341. The molecule has 0 heterocycles. The van der Waals surface area contributed by atoms with E-state index in [0.29, 0.717) is 0 Å². The number of phenols is 1. The number of primary amides is 2. The maximum Gasteiger partial charge on any atom is 0.248 e. The highest BCUT2D eigenvalue weighted by molar-refractivity contribution is 5.99. The van der Waals surface area contributed by atoms with Gasteiger partial charge < -0.3 is 16.6 Å². The molecular weight excluding hydrogens is 172 g/mol. The molecule has 13 heavy (non-hydrogen) atoms. The number of phenolic OH excluding ortho intramolecular Hbond substituents is 1. The Hall–Kier alpha value is -2.04. The minimum atomic E-state index is -0.724. The van der Waals surface area contributed by atoms with Gasteiger partial charge in [-0.15, -0.1) is 0 Å². The van der Waals surface area contributed by atoms with E-state index in [9.17, 15) is 9.59 Å². The van der Waals surface area contributed by atoms with Crippen molar-refractivity contribution >= 4 is 11.8 Å². The van der Waals surface area contributed by atoms with E-state index < -0.39 is 11.8 Å². The topological polar surface area (TPSA) is 106 Å². The molecule has 0 radical (unpaired) electrons. The van der Waals surface area contributed by atoms with Crippen LogP contribution < -0.4 is 11.5 Å². The second-order valence-corrected chi connectivity index (χ2v) is 2.50. The van der Waals surface area contributed by atoms with Gasteiger partial charge in [0.2, 0.25) is 11.8 Å². The Morgan fingerprint density at radius 1 is 1.00 bits per heavy atom. The number of amides is 2. The summed E-state index contributed by atoms with van der Waals surface area (Å²) in [5.41, 5.74) is 10.00. The molecule has 1 rings (SSSR count). The molecule has 0 bridgehead atoms. The van der Waals surface area contributed by atoms with E-state index in [1.54, 1.807) is 0 Å². The zero-order chi connectivity index (χ0) is 10.0. The highest BCUT2D eigenvalue weighted by atomic mass is 16.3. The molecule has 0 aliphatic heterocycles. The van der Waals surface area contributed by atoms with Crippen molar-refractivity contribution < 1.29 is 14.7 Å². The molecular formula is C8H8N2O3. The van der Waals surface area contributed by atoms with E-state index in [2.05, 4.69) is 0 Å². The van der Waals surface area contributed by atoms with Crippen molar-refractivity contribution in [2.45, 2.75) is 0 Å². The third-order valence-corrected chi connectivity index (χ3v) is 1.49. The molecule has 0 fully saturated rings. The Kier molecular flexibility index (Phi) is 2.19. The molecule has 5 nitrogen and oxygen atoms in total. The van der Waals surface area contributed by atoms with Crippen LogP contribution in [0.15, 0.2) is 18.2 Å². The van der Waals surface area contributed by atoms with E-state index in [1.807, 2.05) is 0 Å². The van der Waals surface area contributed by atoms with Crippen molar-refractivity contribution in [3.63, 3.8) is 0 Å². The first-order valence-corrected chi connectivity index (χ1v) is 3.44. The minimum Gasteiger partial charge on any atom is -0.508 e. The number of rotatable bonds is 2. The quantitative estimate of drug-likeness (QED) is 0.575. The molecule has 5 N–H and O–H groups in total. The summed E-state index contributed by atoms with van der Waals surface area (Å²) in [5.74, 6) is -1.66. The van der Waals surface area contributed by atoms with Crippen LogP contribution in [0.1, 0.15) is 20.7 Å². The number of nitrogens with two attached hydrogens (primary N) is 2. The van der Waals surface area contributed by atoms with Crippen LogP contribution in [0.5, 0.6) is 5.75 Å². The van der Waals surface area contributed by atoms with Crippen LogP contribution in [0.3, 0.4) is 0 Å². The minimum absolute atomic E-state index is 0.0498. The lowest BCUT2D eigenvalue weighted by Gasteiger charge is -2.00. The predicted octanol–water partition coefficient (Wildman–Crippen LogP) is -0.410. The van der Waals surface area contributed by atoms with Gasteiger partial charge in [-0.1, -0.05) is 0 Å². The Balaban J connectivity index is 3.26. The standard InChI is InChI=1S/C8H8N2O3/c9-7(12)4-1-5(8(10)13)3-6(11)2-4/h1-3,11H,(H2,9,12)(H2,10,13). The summed E-state index contributed by atoms with van der Waals surface area (Å²) in [7, 11) is 0. The zero-order valence-corrected chi connectivity index (χ0v) is 6.65. The fourth-order valence-electron chi connectivity index (χ4n) is 0.896. The first kappa shape index (κ1) is 9.05. The SMILES string of the molecule is NC(=O)c1cc(O)cc(C(N)=O)c1. The number of carbonyl (C=O) groups is 2. The van der Waals surface area contributed by atoms with Crippen LogP contribution in [0.2, 0.25) is 0 Å². The van der Waals surface area contributed by atoms with Gasteiger partial charge in [0.25, 0.3) is 0 Å². The second kappa shape index (κ2) is 3.14. The molecule has 2 amide bonds. The number of hydrogen-bond acceptors (Lipinski definition) is 3. The summed E-state index contributed by atoms with van der Waals surface area (Å²) in [6.45, 7) is 0. The molecule has 0 saturated carbocycles. The van der Waals surface area contributed by atoms with Crippen LogP contribution >= 0.6 is 0 Å². The van der Waals surface area contributed by atoms with Crippen molar-refractivity contribution in [2.24, 2.45) is 11.5 Å². The van der Waals surface area contributed by atoms with Gasteiger partial charge in [0.05, 0.1) is 0 Å². The molecule has 0 aromatic heterocycles. The number of benzene rings is 1. The molecule has 5 heteroatoms. The number of carbonyl (C=O) groups excluding carboxylic acids is 2. The van der Waals surface area contributed by atoms with Gasteiger partial charge >= 0.3 is 0 Å². The van der Waals surface area contributed by atoms with E-state index in [1.165, 1.54) is 6.07 Å². The average molecular weight is 180 g/mol. The van der Waals surface area contributed by atoms with Crippen molar-refractivity contribution in [3.05, 3.63) is 29.3 Å². The molecule has 0 aliphatic rings. The molecule has 0 aliphatic carbocycles. The van der Waals surface area contributed by atoms with Crippen LogP contribution in [0.4, 0.5) is 0 Å². The lowest BCUT2D eigenvalue weighted by Crippen LogP contribution is -2.15. The van der Waals surface area contributed by atoms with Gasteiger partial charge in [-0.05, 0) is 18.2 Å². The van der Waals surface area contributed by atoms with Gasteiger partial charge in [0.1, 0.15) is 5.75 Å².